The number of hydrogen-bond acceptors (Lipinski definition) is 6. The van der Waals surface area contributed by atoms with Gasteiger partial charge >= 0.3 is 0 Å². The molecule has 3 aromatic carbocycles. The lowest BCUT2D eigenvalue weighted by molar-refractivity contribution is -0.132. The molecule has 0 heterocycles. The van der Waals surface area contributed by atoms with Crippen molar-refractivity contribution < 1.29 is 19.2 Å². The van der Waals surface area contributed by atoms with E-state index >= 15 is 0 Å². The molecule has 0 aliphatic heterocycles. The predicted octanol–water partition coefficient (Wildman–Crippen LogP) is 0.946. The Balaban J connectivity index is 1.76. The molecule has 0 radical (unpaired) electrons. The molecule has 244 valence electrons. The molecule has 0 spiro atoms. The summed E-state index contributed by atoms with van der Waals surface area (Å²) in [6, 6.07) is 26.9. The third kappa shape index (κ3) is 13.6. The van der Waals surface area contributed by atoms with Gasteiger partial charge < -0.3 is 33.2 Å². The van der Waals surface area contributed by atoms with Crippen molar-refractivity contribution in [2.75, 3.05) is 19.6 Å². The Morgan fingerprint density at radius 3 is 1.76 bits per heavy atom. The van der Waals surface area contributed by atoms with Crippen molar-refractivity contribution in [2.45, 2.75) is 50.9 Å². The minimum Gasteiger partial charge on any atom is -0.370 e. The lowest BCUT2D eigenvalue weighted by Crippen LogP contribution is -2.55. The summed E-state index contributed by atoms with van der Waals surface area (Å²) in [5.74, 6) is -1.97. The van der Waals surface area contributed by atoms with Crippen molar-refractivity contribution in [3.05, 3.63) is 108 Å². The highest BCUT2D eigenvalue weighted by molar-refractivity contribution is 5.92. The van der Waals surface area contributed by atoms with Gasteiger partial charge in [-0.25, -0.2) is 0 Å². The van der Waals surface area contributed by atoms with E-state index in [-0.39, 0.29) is 50.8 Å². The highest BCUT2D eigenvalue weighted by atomic mass is 16.2. The van der Waals surface area contributed by atoms with Crippen LogP contribution < -0.4 is 33.2 Å². The van der Waals surface area contributed by atoms with Crippen LogP contribution >= 0.6 is 0 Å². The van der Waals surface area contributed by atoms with Crippen LogP contribution in [0.25, 0.3) is 0 Å². The molecule has 4 amide bonds. The summed E-state index contributed by atoms with van der Waals surface area (Å²) in [5.41, 5.74) is 19.1. The monoisotopic (exact) mass is 628 g/mol. The van der Waals surface area contributed by atoms with E-state index in [1.54, 1.807) is 0 Å². The fourth-order valence-electron chi connectivity index (χ4n) is 4.83. The quantitative estimate of drug-likeness (QED) is 0.0645. The maximum atomic E-state index is 13.7. The summed E-state index contributed by atoms with van der Waals surface area (Å²) >= 11 is 0. The van der Waals surface area contributed by atoms with Gasteiger partial charge in [-0.15, -0.1) is 0 Å². The van der Waals surface area contributed by atoms with Crippen molar-refractivity contribution in [1.82, 2.24) is 20.9 Å². The van der Waals surface area contributed by atoms with E-state index in [0.717, 1.165) is 16.7 Å². The third-order valence-electron chi connectivity index (χ3n) is 7.05. The maximum absolute atomic E-state index is 13.7. The molecule has 0 fully saturated rings. The number of aliphatic imine (C=N–C) groups is 1. The van der Waals surface area contributed by atoms with Crippen molar-refractivity contribution in [3.8, 4) is 0 Å². The molecule has 0 bridgehead atoms. The SMILES string of the molecule is NC(=O)CCNC(=O)[C@H](Cc1ccccc1)NC(=O)[C@@H](CCCN=C(N)N)NC(=O)CN(Cc1ccccc1)Cc1ccccc1. The topological polar surface area (TPSA) is 198 Å². The largest absolute Gasteiger partial charge is 0.370 e. The van der Waals surface area contributed by atoms with E-state index in [0.29, 0.717) is 19.5 Å². The van der Waals surface area contributed by atoms with Gasteiger partial charge in [0.05, 0.1) is 6.54 Å². The Kier molecular flexibility index (Phi) is 14.7. The summed E-state index contributed by atoms with van der Waals surface area (Å²) in [5, 5.41) is 8.35. The lowest BCUT2D eigenvalue weighted by atomic mass is 10.0. The predicted molar refractivity (Wildman–Crippen MR) is 178 cm³/mol. The summed E-state index contributed by atoms with van der Waals surface area (Å²) in [6.45, 7) is 1.37. The number of nitrogens with zero attached hydrogens (tertiary/aromatic N) is 2. The Morgan fingerprint density at radius 2 is 1.24 bits per heavy atom. The number of hydrogen-bond donors (Lipinski definition) is 6. The van der Waals surface area contributed by atoms with E-state index in [2.05, 4.69) is 20.9 Å². The van der Waals surface area contributed by atoms with Gasteiger partial charge in [-0.1, -0.05) is 91.0 Å². The molecule has 2 atom stereocenters. The summed E-state index contributed by atoms with van der Waals surface area (Å²) in [6.07, 6.45) is 0.796. The van der Waals surface area contributed by atoms with E-state index in [1.165, 1.54) is 0 Å². The van der Waals surface area contributed by atoms with Crippen LogP contribution in [0, 0.1) is 0 Å². The Hall–Kier alpha value is -5.23. The number of primary amides is 1. The average Bonchev–Trinajstić information content (AvgIpc) is 3.03. The minimum atomic E-state index is -0.965. The number of amides is 4. The molecule has 12 heteroatoms. The second kappa shape index (κ2) is 19.2. The van der Waals surface area contributed by atoms with Gasteiger partial charge in [0.1, 0.15) is 12.1 Å². The van der Waals surface area contributed by atoms with Crippen molar-refractivity contribution in [2.24, 2.45) is 22.2 Å². The van der Waals surface area contributed by atoms with Crippen LogP contribution in [0.3, 0.4) is 0 Å². The summed E-state index contributed by atoms with van der Waals surface area (Å²) in [7, 11) is 0. The first-order chi connectivity index (χ1) is 22.2. The zero-order valence-electron chi connectivity index (χ0n) is 25.9. The molecule has 0 aliphatic rings. The van der Waals surface area contributed by atoms with Gasteiger partial charge in [0.15, 0.2) is 5.96 Å². The highest BCUT2D eigenvalue weighted by Crippen LogP contribution is 2.11. The molecule has 0 saturated heterocycles. The number of benzene rings is 3. The van der Waals surface area contributed by atoms with Crippen LogP contribution in [0.1, 0.15) is 36.0 Å². The maximum Gasteiger partial charge on any atom is 0.243 e. The van der Waals surface area contributed by atoms with Crippen molar-refractivity contribution >= 4 is 29.6 Å². The molecule has 0 aromatic heterocycles. The van der Waals surface area contributed by atoms with Gasteiger partial charge in [-0.2, -0.15) is 0 Å². The van der Waals surface area contributed by atoms with E-state index in [1.807, 2.05) is 95.9 Å². The van der Waals surface area contributed by atoms with Crippen LogP contribution in [0.5, 0.6) is 0 Å². The van der Waals surface area contributed by atoms with Crippen LogP contribution in [0.4, 0.5) is 0 Å². The van der Waals surface area contributed by atoms with Gasteiger partial charge in [0.2, 0.25) is 23.6 Å². The first-order valence-electron chi connectivity index (χ1n) is 15.2. The number of nitrogens with one attached hydrogen (secondary N) is 3. The molecule has 0 aliphatic carbocycles. The normalized spacial score (nSPS) is 12.0. The molecule has 3 aromatic rings. The molecule has 46 heavy (non-hydrogen) atoms. The van der Waals surface area contributed by atoms with Crippen LogP contribution in [0.2, 0.25) is 0 Å². The smallest absolute Gasteiger partial charge is 0.243 e. The van der Waals surface area contributed by atoms with Gasteiger partial charge in [0.25, 0.3) is 0 Å². The molecule has 12 nitrogen and oxygen atoms in total. The third-order valence-corrected chi connectivity index (χ3v) is 7.05. The fourth-order valence-corrected chi connectivity index (χ4v) is 4.83. The lowest BCUT2D eigenvalue weighted by Gasteiger charge is -2.26. The number of carbonyl (C=O) groups excluding carboxylic acids is 4. The van der Waals surface area contributed by atoms with E-state index < -0.39 is 29.8 Å². The van der Waals surface area contributed by atoms with Gasteiger partial charge in [0, 0.05) is 39.0 Å². The first-order valence-corrected chi connectivity index (χ1v) is 15.2. The second-order valence-corrected chi connectivity index (χ2v) is 10.9. The summed E-state index contributed by atoms with van der Waals surface area (Å²) < 4.78 is 0. The van der Waals surface area contributed by atoms with Crippen LogP contribution in [0.15, 0.2) is 96.0 Å². The molecule has 3 rings (SSSR count). The molecule has 9 N–H and O–H groups in total. The Morgan fingerprint density at radius 1 is 0.696 bits per heavy atom. The standard InChI is InChI=1S/C34H44N8O4/c35-30(43)18-20-38-32(45)29(21-25-11-4-1-5-12-25)41-33(46)28(17-10-19-39-34(36)37)40-31(44)24-42(22-26-13-6-2-7-14-26)23-27-15-8-3-9-16-27/h1-9,11-16,28-29H,10,17-24H2,(H2,35,43)(H,38,45)(H,40,44)(H,41,46)(H4,36,37,39)/t28-,29+/m1/s1. The molecule has 0 unspecified atom stereocenters. The minimum absolute atomic E-state index is 0.0303. The van der Waals surface area contributed by atoms with Crippen molar-refractivity contribution in [1.29, 1.82) is 0 Å². The summed E-state index contributed by atoms with van der Waals surface area (Å²) in [4.78, 5) is 57.5. The highest BCUT2D eigenvalue weighted by Gasteiger charge is 2.27. The second-order valence-electron chi connectivity index (χ2n) is 10.9. The molecular weight excluding hydrogens is 584 g/mol. The zero-order chi connectivity index (χ0) is 33.1. The van der Waals surface area contributed by atoms with E-state index in [4.69, 9.17) is 17.2 Å². The van der Waals surface area contributed by atoms with E-state index in [9.17, 15) is 19.2 Å². The van der Waals surface area contributed by atoms with Gasteiger partial charge in [-0.3, -0.25) is 29.1 Å². The zero-order valence-corrected chi connectivity index (χ0v) is 25.9. The van der Waals surface area contributed by atoms with Gasteiger partial charge in [-0.05, 0) is 29.5 Å². The number of nitrogens with two attached hydrogens (primary N) is 3. The van der Waals surface area contributed by atoms with Crippen LogP contribution in [-0.2, 0) is 38.7 Å². The number of rotatable bonds is 19. The average molecular weight is 629 g/mol. The number of guanidine groups is 1. The molecule has 0 saturated carbocycles. The Bertz CT molecular complexity index is 1380. The number of carbonyl (C=O) groups is 4. The first kappa shape index (κ1) is 35.3. The fraction of sp³-hybridized carbons (Fsp3) is 0.324. The van der Waals surface area contributed by atoms with Crippen molar-refractivity contribution in [3.63, 3.8) is 0 Å². The Labute approximate surface area is 269 Å². The molecular formula is C34H44N8O4. The van der Waals surface area contributed by atoms with Crippen LogP contribution in [-0.4, -0.2) is 66.2 Å².